The zero-order valence-corrected chi connectivity index (χ0v) is 8.37. The summed E-state index contributed by atoms with van der Waals surface area (Å²) in [5.74, 6) is 4.27. The summed E-state index contributed by atoms with van der Waals surface area (Å²) in [5, 5.41) is 2.60. The highest BCUT2D eigenvalue weighted by atomic mass is 19.1. The van der Waals surface area contributed by atoms with Crippen LogP contribution in [0.5, 0.6) is 0 Å². The van der Waals surface area contributed by atoms with Gasteiger partial charge >= 0.3 is 0 Å². The number of halogens is 1. The number of nitrogens with one attached hydrogen (secondary N) is 1. The van der Waals surface area contributed by atoms with Crippen molar-refractivity contribution >= 4 is 5.91 Å². The molecule has 1 unspecified atom stereocenters. The van der Waals surface area contributed by atoms with Crippen LogP contribution >= 0.6 is 0 Å². The van der Waals surface area contributed by atoms with Crippen molar-refractivity contribution < 1.29 is 14.0 Å². The zero-order chi connectivity index (χ0) is 11.3. The van der Waals surface area contributed by atoms with Gasteiger partial charge in [0.15, 0.2) is 0 Å². The van der Waals surface area contributed by atoms with Crippen LogP contribution in [0.2, 0.25) is 0 Å². The molecule has 0 bridgehead atoms. The predicted molar refractivity (Wildman–Crippen MR) is 53.5 cm³/mol. The van der Waals surface area contributed by atoms with Gasteiger partial charge in [-0.3, -0.25) is 9.63 Å². The standard InChI is InChI=1S/C10H13FN2O2/c1-7(15-12)6-13-10(14)8-2-4-9(11)5-3-8/h2-5,7H,6,12H2,1H3,(H,13,14). The lowest BCUT2D eigenvalue weighted by molar-refractivity contribution is 0.0622. The molecule has 5 heteroatoms. The molecule has 0 radical (unpaired) electrons. The summed E-state index contributed by atoms with van der Waals surface area (Å²) >= 11 is 0. The van der Waals surface area contributed by atoms with Crippen molar-refractivity contribution in [2.75, 3.05) is 6.54 Å². The molecule has 3 N–H and O–H groups in total. The maximum absolute atomic E-state index is 12.6. The van der Waals surface area contributed by atoms with Gasteiger partial charge in [-0.25, -0.2) is 10.3 Å². The first kappa shape index (κ1) is 11.6. The average molecular weight is 212 g/mol. The smallest absolute Gasteiger partial charge is 0.251 e. The molecule has 0 saturated heterocycles. The van der Waals surface area contributed by atoms with Gasteiger partial charge < -0.3 is 5.32 Å². The van der Waals surface area contributed by atoms with E-state index in [-0.39, 0.29) is 17.8 Å². The molecule has 4 nitrogen and oxygen atoms in total. The van der Waals surface area contributed by atoms with Crippen LogP contribution in [0.1, 0.15) is 17.3 Å². The van der Waals surface area contributed by atoms with Crippen LogP contribution in [-0.4, -0.2) is 18.6 Å². The van der Waals surface area contributed by atoms with Crippen molar-refractivity contribution in [2.24, 2.45) is 5.90 Å². The summed E-state index contributed by atoms with van der Waals surface area (Å²) in [7, 11) is 0. The second kappa shape index (κ2) is 5.43. The molecule has 1 amide bonds. The zero-order valence-electron chi connectivity index (χ0n) is 8.37. The molecular formula is C10H13FN2O2. The number of amides is 1. The van der Waals surface area contributed by atoms with Crippen LogP contribution in [0, 0.1) is 5.82 Å². The Kier molecular flexibility index (Phi) is 4.20. The number of hydrogen-bond acceptors (Lipinski definition) is 3. The quantitative estimate of drug-likeness (QED) is 0.727. The van der Waals surface area contributed by atoms with Crippen molar-refractivity contribution in [1.82, 2.24) is 5.32 Å². The summed E-state index contributed by atoms with van der Waals surface area (Å²) in [6.45, 7) is 2.04. The lowest BCUT2D eigenvalue weighted by Gasteiger charge is -2.09. The summed E-state index contributed by atoms with van der Waals surface area (Å²) in [6.07, 6.45) is -0.255. The van der Waals surface area contributed by atoms with E-state index in [1.165, 1.54) is 24.3 Å². The first-order valence-corrected chi connectivity index (χ1v) is 4.53. The maximum Gasteiger partial charge on any atom is 0.251 e. The minimum atomic E-state index is -0.370. The Labute approximate surface area is 87.2 Å². The molecule has 1 rings (SSSR count). The van der Waals surface area contributed by atoms with Crippen LogP contribution in [0.25, 0.3) is 0 Å². The summed E-state index contributed by atoms with van der Waals surface area (Å²) in [5.41, 5.74) is 0.403. The third-order valence-electron chi connectivity index (χ3n) is 1.89. The number of rotatable bonds is 4. The lowest BCUT2D eigenvalue weighted by Crippen LogP contribution is -2.33. The predicted octanol–water partition coefficient (Wildman–Crippen LogP) is 0.834. The molecule has 0 aliphatic rings. The van der Waals surface area contributed by atoms with Crippen LogP contribution in [0.4, 0.5) is 4.39 Å². The largest absolute Gasteiger partial charge is 0.349 e. The Morgan fingerprint density at radius 3 is 2.67 bits per heavy atom. The molecule has 82 valence electrons. The van der Waals surface area contributed by atoms with Crippen LogP contribution in [0.15, 0.2) is 24.3 Å². The maximum atomic E-state index is 12.6. The van der Waals surface area contributed by atoms with Gasteiger partial charge in [0.05, 0.1) is 6.10 Å². The van der Waals surface area contributed by atoms with E-state index in [9.17, 15) is 9.18 Å². The van der Waals surface area contributed by atoms with E-state index in [1.54, 1.807) is 6.92 Å². The molecular weight excluding hydrogens is 199 g/mol. The highest BCUT2D eigenvalue weighted by Crippen LogP contribution is 2.02. The Bertz CT molecular complexity index is 327. The number of benzene rings is 1. The number of hydrogen-bond donors (Lipinski definition) is 2. The normalized spacial score (nSPS) is 12.2. The minimum Gasteiger partial charge on any atom is -0.349 e. The fourth-order valence-corrected chi connectivity index (χ4v) is 0.988. The van der Waals surface area contributed by atoms with E-state index in [2.05, 4.69) is 10.2 Å². The van der Waals surface area contributed by atoms with E-state index in [0.29, 0.717) is 12.1 Å². The Morgan fingerprint density at radius 2 is 2.13 bits per heavy atom. The summed E-state index contributed by atoms with van der Waals surface area (Å²) < 4.78 is 12.6. The van der Waals surface area contributed by atoms with Gasteiger partial charge in [-0.15, -0.1) is 0 Å². The first-order chi connectivity index (χ1) is 7.13. The van der Waals surface area contributed by atoms with Gasteiger partial charge in [0.2, 0.25) is 0 Å². The summed E-state index contributed by atoms with van der Waals surface area (Å²) in [4.78, 5) is 15.9. The van der Waals surface area contributed by atoms with Crippen LogP contribution in [-0.2, 0) is 4.84 Å². The van der Waals surface area contributed by atoms with E-state index in [4.69, 9.17) is 5.90 Å². The van der Waals surface area contributed by atoms with Crippen molar-refractivity contribution in [3.8, 4) is 0 Å². The topological polar surface area (TPSA) is 64.3 Å². The Balaban J connectivity index is 2.50. The third-order valence-corrected chi connectivity index (χ3v) is 1.89. The molecule has 0 aliphatic heterocycles. The van der Waals surface area contributed by atoms with Gasteiger partial charge in [-0.1, -0.05) is 0 Å². The highest BCUT2D eigenvalue weighted by Gasteiger charge is 2.07. The second-order valence-electron chi connectivity index (χ2n) is 3.16. The molecule has 1 atom stereocenters. The molecule has 0 saturated carbocycles. The van der Waals surface area contributed by atoms with Gasteiger partial charge in [0, 0.05) is 12.1 Å². The molecule has 0 heterocycles. The first-order valence-electron chi connectivity index (χ1n) is 4.53. The van der Waals surface area contributed by atoms with E-state index in [1.807, 2.05) is 0 Å². The van der Waals surface area contributed by atoms with E-state index >= 15 is 0 Å². The minimum absolute atomic E-state index is 0.255. The molecule has 0 fully saturated rings. The van der Waals surface area contributed by atoms with Gasteiger partial charge in [0.25, 0.3) is 5.91 Å². The molecule has 0 spiro atoms. The van der Waals surface area contributed by atoms with Crippen LogP contribution < -0.4 is 11.2 Å². The van der Waals surface area contributed by atoms with Crippen molar-refractivity contribution in [3.05, 3.63) is 35.6 Å². The van der Waals surface area contributed by atoms with Crippen molar-refractivity contribution in [2.45, 2.75) is 13.0 Å². The molecule has 1 aromatic rings. The average Bonchev–Trinajstić information content (AvgIpc) is 2.26. The van der Waals surface area contributed by atoms with Crippen molar-refractivity contribution in [1.29, 1.82) is 0 Å². The Hall–Kier alpha value is -1.46. The van der Waals surface area contributed by atoms with Crippen LogP contribution in [0.3, 0.4) is 0 Å². The lowest BCUT2D eigenvalue weighted by atomic mass is 10.2. The molecule has 1 aromatic carbocycles. The van der Waals surface area contributed by atoms with E-state index in [0.717, 1.165) is 0 Å². The van der Waals surface area contributed by atoms with Crippen molar-refractivity contribution in [3.63, 3.8) is 0 Å². The highest BCUT2D eigenvalue weighted by molar-refractivity contribution is 5.94. The number of nitrogens with two attached hydrogens (primary N) is 1. The summed E-state index contributed by atoms with van der Waals surface area (Å²) in [6, 6.07) is 5.30. The number of carbonyl (C=O) groups excluding carboxylic acids is 1. The second-order valence-corrected chi connectivity index (χ2v) is 3.16. The Morgan fingerprint density at radius 1 is 1.53 bits per heavy atom. The van der Waals surface area contributed by atoms with Gasteiger partial charge in [-0.05, 0) is 31.2 Å². The fourth-order valence-electron chi connectivity index (χ4n) is 0.988. The molecule has 0 aromatic heterocycles. The molecule has 15 heavy (non-hydrogen) atoms. The third kappa shape index (κ3) is 3.65. The SMILES string of the molecule is CC(CNC(=O)c1ccc(F)cc1)ON. The van der Waals surface area contributed by atoms with Gasteiger partial charge in [0.1, 0.15) is 5.82 Å². The fraction of sp³-hybridized carbons (Fsp3) is 0.300. The van der Waals surface area contributed by atoms with E-state index < -0.39 is 0 Å². The monoisotopic (exact) mass is 212 g/mol. The molecule has 0 aliphatic carbocycles. The number of carbonyl (C=O) groups is 1. The van der Waals surface area contributed by atoms with Gasteiger partial charge in [-0.2, -0.15) is 0 Å².